The number of carbonyl (C=O) groups is 3. The van der Waals surface area contributed by atoms with E-state index in [2.05, 4.69) is 4.99 Å². The molecule has 0 aromatic carbocycles. The zero-order valence-electron chi connectivity index (χ0n) is 11.1. The van der Waals surface area contributed by atoms with E-state index in [1.54, 1.807) is 22.7 Å². The summed E-state index contributed by atoms with van der Waals surface area (Å²) in [7, 11) is 0. The van der Waals surface area contributed by atoms with E-state index in [1.807, 2.05) is 0 Å². The van der Waals surface area contributed by atoms with Gasteiger partial charge in [0.05, 0.1) is 5.71 Å². The monoisotopic (exact) mass is 292 g/mol. The van der Waals surface area contributed by atoms with Crippen molar-refractivity contribution < 1.29 is 14.4 Å². The Morgan fingerprint density at radius 1 is 1.25 bits per heavy atom. The summed E-state index contributed by atoms with van der Waals surface area (Å²) in [6.07, 6.45) is 3.44. The predicted molar refractivity (Wildman–Crippen MR) is 76.8 cm³/mol. The largest absolute Gasteiger partial charge is 0.340 e. The average Bonchev–Trinajstić information content (AvgIpc) is 2.47. The third-order valence-electron chi connectivity index (χ3n) is 3.86. The van der Waals surface area contributed by atoms with Gasteiger partial charge in [-0.25, -0.2) is 4.99 Å². The number of nitrogens with zero attached hydrogens (tertiary/aromatic N) is 2. The number of aliphatic imine (C=N–C) groups is 1. The predicted octanol–water partition coefficient (Wildman–Crippen LogP) is 0.839. The summed E-state index contributed by atoms with van der Waals surface area (Å²) in [5.74, 6) is 0.298. The van der Waals surface area contributed by atoms with Crippen molar-refractivity contribution in [3.05, 3.63) is 11.6 Å². The van der Waals surface area contributed by atoms with Gasteiger partial charge < -0.3 is 4.90 Å². The molecule has 2 aliphatic heterocycles. The van der Waals surface area contributed by atoms with E-state index in [9.17, 15) is 14.4 Å². The second kappa shape index (κ2) is 5.52. The summed E-state index contributed by atoms with van der Waals surface area (Å²) in [6, 6.07) is 0. The lowest BCUT2D eigenvalue weighted by Crippen LogP contribution is -2.44. The minimum Gasteiger partial charge on any atom is -0.340 e. The van der Waals surface area contributed by atoms with Crippen molar-refractivity contribution in [1.29, 1.82) is 0 Å². The number of dihydropyridines is 1. The molecule has 1 unspecified atom stereocenters. The molecule has 0 N–H and O–H groups in total. The van der Waals surface area contributed by atoms with Crippen LogP contribution in [0.2, 0.25) is 0 Å². The number of rotatable bonds is 1. The third-order valence-corrected chi connectivity index (χ3v) is 4.80. The smallest absolute Gasteiger partial charge is 0.262 e. The molecule has 1 atom stereocenters. The Balaban J connectivity index is 1.83. The molecule has 0 aromatic rings. The third kappa shape index (κ3) is 2.44. The Hall–Kier alpha value is -1.43. The van der Waals surface area contributed by atoms with Crippen molar-refractivity contribution in [1.82, 2.24) is 4.90 Å². The van der Waals surface area contributed by atoms with Crippen molar-refractivity contribution in [2.24, 2.45) is 10.9 Å². The number of thioether (sulfide) groups is 1. The first-order chi connectivity index (χ1) is 9.66. The van der Waals surface area contributed by atoms with E-state index >= 15 is 0 Å². The molecule has 0 aromatic heterocycles. The molecule has 20 heavy (non-hydrogen) atoms. The molecule has 0 bridgehead atoms. The van der Waals surface area contributed by atoms with Gasteiger partial charge in [0.2, 0.25) is 5.91 Å². The molecule has 6 heteroatoms. The summed E-state index contributed by atoms with van der Waals surface area (Å²) in [5.41, 5.74) is 1.07. The molecule has 3 aliphatic rings. The summed E-state index contributed by atoms with van der Waals surface area (Å²) < 4.78 is 0. The average molecular weight is 292 g/mol. The second-order valence-corrected chi connectivity index (χ2v) is 6.39. The maximum Gasteiger partial charge on any atom is 0.262 e. The number of hydrogen-bond acceptors (Lipinski definition) is 4. The van der Waals surface area contributed by atoms with Crippen LogP contribution in [0.5, 0.6) is 0 Å². The summed E-state index contributed by atoms with van der Waals surface area (Å²) >= 11 is 1.81. The Morgan fingerprint density at radius 3 is 2.75 bits per heavy atom. The van der Waals surface area contributed by atoms with Gasteiger partial charge in [-0.2, -0.15) is 11.8 Å². The number of Topliss-reactive ketones (excluding diaryl/α,β-unsaturated/α-hetero) is 1. The zero-order chi connectivity index (χ0) is 14.1. The highest BCUT2D eigenvalue weighted by Gasteiger charge is 2.36. The zero-order valence-corrected chi connectivity index (χ0v) is 11.9. The van der Waals surface area contributed by atoms with Gasteiger partial charge in [-0.3, -0.25) is 14.4 Å². The molecule has 0 radical (unpaired) electrons. The molecule has 106 valence electrons. The van der Waals surface area contributed by atoms with E-state index in [0.717, 1.165) is 17.9 Å². The number of hydrogen-bond donors (Lipinski definition) is 0. The van der Waals surface area contributed by atoms with E-state index in [0.29, 0.717) is 37.2 Å². The van der Waals surface area contributed by atoms with Crippen LogP contribution in [-0.4, -0.2) is 52.8 Å². The topological polar surface area (TPSA) is 66.8 Å². The Labute approximate surface area is 121 Å². The van der Waals surface area contributed by atoms with Crippen molar-refractivity contribution >= 4 is 35.1 Å². The summed E-state index contributed by atoms with van der Waals surface area (Å²) in [6.45, 7) is 1.34. The SMILES string of the molecule is O=C1CCCC2=NC(=O)C(C(=O)N3CCSCC3)C=C12. The number of amides is 2. The first-order valence-corrected chi connectivity index (χ1v) is 8.05. The van der Waals surface area contributed by atoms with Gasteiger partial charge in [0, 0.05) is 36.6 Å². The summed E-state index contributed by atoms with van der Waals surface area (Å²) in [5, 5.41) is 0. The Morgan fingerprint density at radius 2 is 2.00 bits per heavy atom. The molecule has 5 nitrogen and oxygen atoms in total. The molecular weight excluding hydrogens is 276 g/mol. The van der Waals surface area contributed by atoms with Crippen LogP contribution in [0.25, 0.3) is 0 Å². The first kappa shape index (κ1) is 13.5. The summed E-state index contributed by atoms with van der Waals surface area (Å²) in [4.78, 5) is 42.1. The highest BCUT2D eigenvalue weighted by Crippen LogP contribution is 2.26. The highest BCUT2D eigenvalue weighted by atomic mass is 32.2. The Bertz CT molecular complexity index is 533. The first-order valence-electron chi connectivity index (χ1n) is 6.90. The van der Waals surface area contributed by atoms with Gasteiger partial charge in [0.25, 0.3) is 5.91 Å². The maximum atomic E-state index is 12.4. The molecule has 2 fully saturated rings. The molecular formula is C14H16N2O3S. The number of fused-ring (bicyclic) bond motifs is 1. The van der Waals surface area contributed by atoms with Gasteiger partial charge in [-0.15, -0.1) is 0 Å². The van der Waals surface area contributed by atoms with Gasteiger partial charge in [-0.05, 0) is 12.8 Å². The lowest BCUT2D eigenvalue weighted by atomic mass is 9.86. The number of carbonyl (C=O) groups excluding carboxylic acids is 3. The van der Waals surface area contributed by atoms with Crippen LogP contribution in [0.15, 0.2) is 16.6 Å². The fourth-order valence-electron chi connectivity index (χ4n) is 2.75. The van der Waals surface area contributed by atoms with Crippen LogP contribution in [-0.2, 0) is 14.4 Å². The molecule has 1 saturated heterocycles. The Kier molecular flexibility index (Phi) is 3.74. The van der Waals surface area contributed by atoms with Gasteiger partial charge in [0.15, 0.2) is 5.78 Å². The van der Waals surface area contributed by atoms with Gasteiger partial charge in [0.1, 0.15) is 5.92 Å². The van der Waals surface area contributed by atoms with Crippen LogP contribution >= 0.6 is 11.8 Å². The van der Waals surface area contributed by atoms with Crippen molar-refractivity contribution in [2.45, 2.75) is 19.3 Å². The van der Waals surface area contributed by atoms with E-state index in [1.165, 1.54) is 0 Å². The number of ketones is 1. The van der Waals surface area contributed by atoms with Crippen molar-refractivity contribution in [3.63, 3.8) is 0 Å². The fraction of sp³-hybridized carbons (Fsp3) is 0.571. The second-order valence-electron chi connectivity index (χ2n) is 5.17. The number of allylic oxidation sites excluding steroid dienone is 1. The molecule has 0 spiro atoms. The van der Waals surface area contributed by atoms with E-state index in [4.69, 9.17) is 0 Å². The quantitative estimate of drug-likeness (QED) is 0.672. The van der Waals surface area contributed by atoms with Crippen molar-refractivity contribution in [3.8, 4) is 0 Å². The normalized spacial score (nSPS) is 26.8. The van der Waals surface area contributed by atoms with Crippen LogP contribution < -0.4 is 0 Å². The van der Waals surface area contributed by atoms with E-state index < -0.39 is 11.8 Å². The molecule has 2 amide bonds. The van der Waals surface area contributed by atoms with Crippen LogP contribution in [0.3, 0.4) is 0 Å². The molecule has 3 rings (SSSR count). The molecule has 1 aliphatic carbocycles. The van der Waals surface area contributed by atoms with E-state index in [-0.39, 0.29) is 11.7 Å². The fourth-order valence-corrected chi connectivity index (χ4v) is 3.65. The van der Waals surface area contributed by atoms with Crippen LogP contribution in [0, 0.1) is 5.92 Å². The van der Waals surface area contributed by atoms with Crippen LogP contribution in [0.1, 0.15) is 19.3 Å². The molecule has 2 heterocycles. The van der Waals surface area contributed by atoms with Crippen molar-refractivity contribution in [2.75, 3.05) is 24.6 Å². The molecule has 1 saturated carbocycles. The van der Waals surface area contributed by atoms with Crippen LogP contribution in [0.4, 0.5) is 0 Å². The lowest BCUT2D eigenvalue weighted by molar-refractivity contribution is -0.138. The van der Waals surface area contributed by atoms with Gasteiger partial charge >= 0.3 is 0 Å². The maximum absolute atomic E-state index is 12.4. The minimum atomic E-state index is -0.890. The minimum absolute atomic E-state index is 0.00880. The standard InChI is InChI=1S/C14H16N2O3S/c17-12-3-1-2-11-9(12)8-10(13(18)15-11)14(19)16-4-6-20-7-5-16/h8,10H,1-7H2. The lowest BCUT2D eigenvalue weighted by Gasteiger charge is -2.30. The highest BCUT2D eigenvalue weighted by molar-refractivity contribution is 7.99. The van der Waals surface area contributed by atoms with Gasteiger partial charge in [-0.1, -0.05) is 6.08 Å².